The number of halogens is 1. The van der Waals surface area contributed by atoms with E-state index in [4.69, 9.17) is 18.4 Å². The maximum absolute atomic E-state index is 13.8. The number of hydrogen-bond donors (Lipinski definition) is 0. The highest BCUT2D eigenvalue weighted by Gasteiger charge is 2.53. The molecule has 0 unspecified atom stereocenters. The molecule has 134 valence electrons. The molecule has 24 heavy (non-hydrogen) atoms. The second-order valence-electron chi connectivity index (χ2n) is 6.62. The molecule has 1 aliphatic heterocycles. The van der Waals surface area contributed by atoms with E-state index in [1.807, 2.05) is 27.7 Å². The molecule has 0 aromatic heterocycles. The van der Waals surface area contributed by atoms with Crippen LogP contribution in [0.2, 0.25) is 0 Å². The highest BCUT2D eigenvalue weighted by atomic mass is 31.2. The summed E-state index contributed by atoms with van der Waals surface area (Å²) in [4.78, 5) is 0. The Morgan fingerprint density at radius 2 is 1.58 bits per heavy atom. The van der Waals surface area contributed by atoms with Crippen LogP contribution < -0.4 is 10.8 Å². The second kappa shape index (κ2) is 6.89. The number of rotatable bonds is 6. The zero-order valence-corrected chi connectivity index (χ0v) is 16.0. The second-order valence-corrected chi connectivity index (χ2v) is 8.62. The molecule has 0 amide bonds. The van der Waals surface area contributed by atoms with E-state index in [1.54, 1.807) is 13.8 Å². The fourth-order valence-corrected chi connectivity index (χ4v) is 4.25. The van der Waals surface area contributed by atoms with Crippen molar-refractivity contribution in [1.29, 1.82) is 0 Å². The molecule has 1 aromatic carbocycles. The summed E-state index contributed by atoms with van der Waals surface area (Å²) in [5.74, 6) is -0.523. The molecule has 0 radical (unpaired) electrons. The summed E-state index contributed by atoms with van der Waals surface area (Å²) in [6.45, 7) is 11.4. The van der Waals surface area contributed by atoms with Gasteiger partial charge < -0.3 is 18.4 Å². The molecule has 0 bridgehead atoms. The van der Waals surface area contributed by atoms with Crippen LogP contribution in [-0.4, -0.2) is 31.5 Å². The lowest BCUT2D eigenvalue weighted by Gasteiger charge is -2.32. The SMILES string of the molecule is CCOP(=O)(OCC)c1cc(F)ccc1B1OC(C)(C)C(C)(C)O1. The molecule has 0 spiro atoms. The van der Waals surface area contributed by atoms with Crippen molar-refractivity contribution in [2.45, 2.75) is 52.7 Å². The molecular weight excluding hydrogens is 333 g/mol. The van der Waals surface area contributed by atoms with Crippen LogP contribution in [0.4, 0.5) is 4.39 Å². The molecule has 1 saturated heterocycles. The lowest BCUT2D eigenvalue weighted by atomic mass is 9.79. The summed E-state index contributed by atoms with van der Waals surface area (Å²) in [7, 11) is -4.45. The highest BCUT2D eigenvalue weighted by Crippen LogP contribution is 2.47. The van der Waals surface area contributed by atoms with Crippen molar-refractivity contribution < 1.29 is 27.3 Å². The third-order valence-corrected chi connectivity index (χ3v) is 6.57. The van der Waals surface area contributed by atoms with Gasteiger partial charge in [0.1, 0.15) is 5.82 Å². The van der Waals surface area contributed by atoms with Gasteiger partial charge in [-0.15, -0.1) is 0 Å². The predicted octanol–water partition coefficient (Wildman–Crippen LogP) is 3.02. The maximum atomic E-state index is 13.8. The van der Waals surface area contributed by atoms with Crippen LogP contribution in [-0.2, 0) is 22.9 Å². The average Bonchev–Trinajstić information content (AvgIpc) is 2.67. The van der Waals surface area contributed by atoms with E-state index in [1.165, 1.54) is 18.2 Å². The van der Waals surface area contributed by atoms with E-state index in [0.29, 0.717) is 5.46 Å². The van der Waals surface area contributed by atoms with Crippen LogP contribution >= 0.6 is 7.60 Å². The summed E-state index contributed by atoms with van der Waals surface area (Å²) in [6, 6.07) is 3.97. The first kappa shape index (κ1) is 19.6. The third-order valence-electron chi connectivity index (χ3n) is 4.39. The van der Waals surface area contributed by atoms with Crippen molar-refractivity contribution in [3.63, 3.8) is 0 Å². The molecule has 1 aliphatic rings. The van der Waals surface area contributed by atoms with Crippen molar-refractivity contribution in [2.24, 2.45) is 0 Å². The Hall–Kier alpha value is -0.715. The van der Waals surface area contributed by atoms with E-state index < -0.39 is 31.7 Å². The minimum Gasteiger partial charge on any atom is -0.399 e. The Kier molecular flexibility index (Phi) is 5.63. The Morgan fingerprint density at radius 3 is 2.04 bits per heavy atom. The van der Waals surface area contributed by atoms with Gasteiger partial charge in [0.15, 0.2) is 0 Å². The van der Waals surface area contributed by atoms with E-state index in [2.05, 4.69) is 0 Å². The summed E-state index contributed by atoms with van der Waals surface area (Å²) in [6.07, 6.45) is 0. The van der Waals surface area contributed by atoms with Crippen molar-refractivity contribution in [3.05, 3.63) is 24.0 Å². The topological polar surface area (TPSA) is 54.0 Å². The highest BCUT2D eigenvalue weighted by molar-refractivity contribution is 7.62. The number of hydrogen-bond acceptors (Lipinski definition) is 5. The zero-order valence-electron chi connectivity index (χ0n) is 15.1. The van der Waals surface area contributed by atoms with E-state index in [-0.39, 0.29) is 18.5 Å². The van der Waals surface area contributed by atoms with Gasteiger partial charge >= 0.3 is 14.7 Å². The molecule has 8 heteroatoms. The first-order valence-electron chi connectivity index (χ1n) is 8.11. The first-order valence-corrected chi connectivity index (χ1v) is 9.65. The predicted molar refractivity (Wildman–Crippen MR) is 92.6 cm³/mol. The molecule has 0 N–H and O–H groups in total. The molecular formula is C16H25BFO5P. The van der Waals surface area contributed by atoms with Gasteiger partial charge in [0.05, 0.1) is 29.7 Å². The molecule has 0 atom stereocenters. The Labute approximate surface area is 143 Å². The Morgan fingerprint density at radius 1 is 1.08 bits per heavy atom. The van der Waals surface area contributed by atoms with Crippen molar-refractivity contribution in [3.8, 4) is 0 Å². The van der Waals surface area contributed by atoms with Gasteiger partial charge in [0.25, 0.3) is 0 Å². The van der Waals surface area contributed by atoms with E-state index in [9.17, 15) is 8.96 Å². The quantitative estimate of drug-likeness (QED) is 0.578. The number of benzene rings is 1. The maximum Gasteiger partial charge on any atom is 0.495 e. The van der Waals surface area contributed by atoms with E-state index in [0.717, 1.165) is 0 Å². The Bertz CT molecular complexity index is 623. The fraction of sp³-hybridized carbons (Fsp3) is 0.625. The van der Waals surface area contributed by atoms with Gasteiger partial charge in [-0.3, -0.25) is 4.57 Å². The monoisotopic (exact) mass is 358 g/mol. The minimum absolute atomic E-state index is 0.143. The van der Waals surface area contributed by atoms with Crippen LogP contribution in [0.1, 0.15) is 41.5 Å². The van der Waals surface area contributed by atoms with Crippen LogP contribution in [0.5, 0.6) is 0 Å². The molecule has 5 nitrogen and oxygen atoms in total. The summed E-state index contributed by atoms with van der Waals surface area (Å²) >= 11 is 0. The lowest BCUT2D eigenvalue weighted by Crippen LogP contribution is -2.43. The standard InChI is InChI=1S/C16H25BFO5P/c1-7-20-24(19,21-8-2)14-11-12(18)9-10-13(14)17-22-15(3,4)16(5,6)23-17/h9-11H,7-8H2,1-6H3. The summed E-state index contributed by atoms with van der Waals surface area (Å²) in [5.41, 5.74) is -0.671. The normalized spacial score (nSPS) is 19.7. The smallest absolute Gasteiger partial charge is 0.399 e. The van der Waals surface area contributed by atoms with Crippen molar-refractivity contribution in [1.82, 2.24) is 0 Å². The minimum atomic E-state index is -3.67. The van der Waals surface area contributed by atoms with Crippen molar-refractivity contribution in [2.75, 3.05) is 13.2 Å². The van der Waals surface area contributed by atoms with Gasteiger partial charge in [-0.25, -0.2) is 4.39 Å². The fourth-order valence-electron chi connectivity index (χ4n) is 2.44. The average molecular weight is 358 g/mol. The van der Waals surface area contributed by atoms with Gasteiger partial charge in [-0.05, 0) is 59.1 Å². The van der Waals surface area contributed by atoms with Crippen LogP contribution in [0.25, 0.3) is 0 Å². The summed E-state index contributed by atoms with van der Waals surface area (Å²) < 4.78 is 49.7. The van der Waals surface area contributed by atoms with Crippen LogP contribution in [0.3, 0.4) is 0 Å². The van der Waals surface area contributed by atoms with Gasteiger partial charge in [-0.1, -0.05) is 6.07 Å². The first-order chi connectivity index (χ1) is 11.1. The van der Waals surface area contributed by atoms with Crippen molar-refractivity contribution >= 4 is 25.5 Å². The molecule has 1 fully saturated rings. The zero-order chi connectivity index (χ0) is 18.2. The van der Waals surface area contributed by atoms with Gasteiger partial charge in [0.2, 0.25) is 0 Å². The molecule has 2 rings (SSSR count). The third kappa shape index (κ3) is 3.61. The lowest BCUT2D eigenvalue weighted by molar-refractivity contribution is 0.00578. The van der Waals surface area contributed by atoms with Crippen LogP contribution in [0.15, 0.2) is 18.2 Å². The molecule has 0 aliphatic carbocycles. The van der Waals surface area contributed by atoms with Gasteiger partial charge in [0, 0.05) is 0 Å². The molecule has 1 heterocycles. The van der Waals surface area contributed by atoms with Gasteiger partial charge in [-0.2, -0.15) is 0 Å². The Balaban J connectivity index is 2.51. The molecule has 0 saturated carbocycles. The van der Waals surface area contributed by atoms with Crippen LogP contribution in [0, 0.1) is 5.82 Å². The van der Waals surface area contributed by atoms with E-state index >= 15 is 0 Å². The molecule has 1 aromatic rings. The largest absolute Gasteiger partial charge is 0.495 e. The summed E-state index contributed by atoms with van der Waals surface area (Å²) in [5, 5.41) is 0.143.